The smallest absolute Gasteiger partial charge is 0.405 e. The number of rotatable bonds is 9. The summed E-state index contributed by atoms with van der Waals surface area (Å²) in [6.45, 7) is -0.533. The van der Waals surface area contributed by atoms with Crippen LogP contribution in [0.5, 0.6) is 11.5 Å². The Morgan fingerprint density at radius 1 is 1.10 bits per heavy atom. The quantitative estimate of drug-likeness (QED) is 0.303. The number of halogens is 3. The second-order valence-corrected chi connectivity index (χ2v) is 9.24. The molecule has 0 saturated carbocycles. The van der Waals surface area contributed by atoms with Gasteiger partial charge in [-0.3, -0.25) is 18.7 Å². The number of benzene rings is 1. The van der Waals surface area contributed by atoms with Gasteiger partial charge in [0.05, 0.1) is 45.5 Å². The summed E-state index contributed by atoms with van der Waals surface area (Å²) >= 11 is 0. The van der Waals surface area contributed by atoms with E-state index < -0.39 is 24.6 Å². The van der Waals surface area contributed by atoms with Gasteiger partial charge in [0.1, 0.15) is 41.9 Å². The molecule has 3 aromatic heterocycles. The molecule has 1 aliphatic rings. The van der Waals surface area contributed by atoms with E-state index in [0.717, 1.165) is 11.1 Å². The Morgan fingerprint density at radius 3 is 2.51 bits per heavy atom. The molecule has 1 saturated heterocycles. The van der Waals surface area contributed by atoms with Crippen LogP contribution in [0.25, 0.3) is 28.0 Å². The molecule has 1 N–H and O–H groups in total. The number of carbonyl (C=O) groups is 2. The summed E-state index contributed by atoms with van der Waals surface area (Å²) in [5, 5.41) is 6.10. The van der Waals surface area contributed by atoms with E-state index in [0.29, 0.717) is 36.5 Å². The van der Waals surface area contributed by atoms with Gasteiger partial charge in [-0.05, 0) is 29.8 Å². The van der Waals surface area contributed by atoms with Gasteiger partial charge in [0.25, 0.3) is 5.91 Å². The Labute approximate surface area is 231 Å². The number of alkyl halides is 3. The predicted molar refractivity (Wildman–Crippen MR) is 139 cm³/mol. The molecule has 0 aliphatic carbocycles. The number of aromatic nitrogens is 4. The van der Waals surface area contributed by atoms with Crippen molar-refractivity contribution in [2.24, 2.45) is 0 Å². The lowest BCUT2D eigenvalue weighted by Crippen LogP contribution is -2.34. The maximum atomic E-state index is 12.6. The minimum Gasteiger partial charge on any atom is -0.496 e. The molecule has 14 heteroatoms. The van der Waals surface area contributed by atoms with Gasteiger partial charge in [-0.1, -0.05) is 0 Å². The number of nitrogens with zero attached hydrogens (tertiary/aromatic N) is 4. The third-order valence-corrected chi connectivity index (χ3v) is 6.43. The van der Waals surface area contributed by atoms with Crippen molar-refractivity contribution in [2.45, 2.75) is 25.2 Å². The second kappa shape index (κ2) is 11.5. The van der Waals surface area contributed by atoms with E-state index in [9.17, 15) is 22.8 Å². The van der Waals surface area contributed by atoms with Crippen LogP contribution in [0.1, 0.15) is 16.8 Å². The van der Waals surface area contributed by atoms with Crippen LogP contribution in [0, 0.1) is 0 Å². The lowest BCUT2D eigenvalue weighted by molar-refractivity contribution is -0.150. The van der Waals surface area contributed by atoms with E-state index in [1.807, 2.05) is 17.4 Å². The number of ether oxygens (including phenoxy) is 4. The highest BCUT2D eigenvalue weighted by molar-refractivity contribution is 6.00. The first-order chi connectivity index (χ1) is 19.6. The molecular formula is C27H26F3N5O6. The number of hydrogen-bond acceptors (Lipinski definition) is 8. The van der Waals surface area contributed by atoms with Gasteiger partial charge < -0.3 is 24.3 Å². The maximum Gasteiger partial charge on any atom is 0.405 e. The van der Waals surface area contributed by atoms with Crippen LogP contribution in [0.15, 0.2) is 49.1 Å². The second-order valence-electron chi connectivity index (χ2n) is 9.24. The first-order valence-electron chi connectivity index (χ1n) is 12.5. The molecule has 4 heterocycles. The van der Waals surface area contributed by atoms with E-state index in [1.165, 1.54) is 31.0 Å². The summed E-state index contributed by atoms with van der Waals surface area (Å²) < 4.78 is 62.5. The van der Waals surface area contributed by atoms with Crippen molar-refractivity contribution in [3.8, 4) is 33.9 Å². The number of methoxy groups -OCH3 is 2. The molecule has 216 valence electrons. The zero-order valence-corrected chi connectivity index (χ0v) is 22.1. The normalized spacial score (nSPS) is 15.2. The first kappa shape index (κ1) is 28.0. The fraction of sp³-hybridized carbons (Fsp3) is 0.333. The average molecular weight is 574 g/mol. The van der Waals surface area contributed by atoms with Crippen molar-refractivity contribution in [3.05, 3.63) is 54.6 Å². The van der Waals surface area contributed by atoms with Crippen molar-refractivity contribution >= 4 is 17.5 Å². The zero-order valence-electron chi connectivity index (χ0n) is 22.1. The van der Waals surface area contributed by atoms with Crippen molar-refractivity contribution < 1.29 is 41.7 Å². The first-order valence-corrected chi connectivity index (χ1v) is 12.5. The minimum atomic E-state index is -4.57. The van der Waals surface area contributed by atoms with Crippen LogP contribution in [0.4, 0.5) is 13.2 Å². The summed E-state index contributed by atoms with van der Waals surface area (Å²) in [7, 11) is 2.62. The molecular weight excluding hydrogens is 547 g/mol. The Morgan fingerprint density at radius 2 is 1.85 bits per heavy atom. The summed E-state index contributed by atoms with van der Waals surface area (Å²) in [5.41, 5.74) is 3.20. The maximum absolute atomic E-state index is 12.6. The monoisotopic (exact) mass is 573 g/mol. The van der Waals surface area contributed by atoms with Gasteiger partial charge in [0.15, 0.2) is 0 Å². The Balaban J connectivity index is 1.37. The van der Waals surface area contributed by atoms with Crippen LogP contribution in [-0.4, -0.2) is 77.3 Å². The van der Waals surface area contributed by atoms with Gasteiger partial charge in [-0.15, -0.1) is 0 Å². The number of nitrogens with one attached hydrogen (secondary N) is 1. The number of carbonyl (C=O) groups excluding carboxylic acids is 2. The van der Waals surface area contributed by atoms with Gasteiger partial charge in [-0.25, -0.2) is 4.98 Å². The molecule has 4 aromatic rings. The molecule has 1 aromatic carbocycles. The predicted octanol–water partition coefficient (Wildman–Crippen LogP) is 3.51. The highest BCUT2D eigenvalue weighted by Gasteiger charge is 2.30. The van der Waals surface area contributed by atoms with E-state index >= 15 is 0 Å². The molecule has 0 spiro atoms. The van der Waals surface area contributed by atoms with E-state index in [4.69, 9.17) is 18.9 Å². The SMILES string of the molecule is COc1cc(-c2cnc3cc(-c4cnn(CC(=O)OC5CCOC5)c4)ccn23)cc(OC)c1C(=O)NCC(F)(F)F. The van der Waals surface area contributed by atoms with Gasteiger partial charge in [0.2, 0.25) is 0 Å². The molecule has 1 fully saturated rings. The molecule has 11 nitrogen and oxygen atoms in total. The summed E-state index contributed by atoms with van der Waals surface area (Å²) in [6.07, 6.45) is 2.67. The number of imidazole rings is 1. The standard InChI is InChI=1S/C27H26F3N5O6/c1-38-21-7-17(8-22(39-2)25(21)26(37)32-15-27(28,29)30)20-11-31-23-9-16(3-5-35(20)23)18-10-33-34(12-18)13-24(36)41-19-4-6-40-14-19/h3,5,7-12,19H,4,6,13-15H2,1-2H3,(H,32,37). The average Bonchev–Trinajstić information content (AvgIpc) is 3.71. The molecule has 0 radical (unpaired) electrons. The van der Waals surface area contributed by atoms with Crippen LogP contribution in [0.2, 0.25) is 0 Å². The molecule has 41 heavy (non-hydrogen) atoms. The summed E-state index contributed by atoms with van der Waals surface area (Å²) in [6, 6.07) is 6.75. The number of amides is 1. The highest BCUT2D eigenvalue weighted by atomic mass is 19.4. The van der Waals surface area contributed by atoms with E-state index in [-0.39, 0.29) is 29.7 Å². The number of pyridine rings is 1. The van der Waals surface area contributed by atoms with Crippen LogP contribution in [-0.2, 0) is 20.8 Å². The highest BCUT2D eigenvalue weighted by Crippen LogP contribution is 2.36. The topological polar surface area (TPSA) is 118 Å². The number of fused-ring (bicyclic) bond motifs is 1. The van der Waals surface area contributed by atoms with Crippen molar-refractivity contribution in [3.63, 3.8) is 0 Å². The lowest BCUT2D eigenvalue weighted by Gasteiger charge is -2.16. The van der Waals surface area contributed by atoms with Crippen LogP contribution in [0.3, 0.4) is 0 Å². The van der Waals surface area contributed by atoms with Crippen molar-refractivity contribution in [1.82, 2.24) is 24.5 Å². The molecule has 1 unspecified atom stereocenters. The third kappa shape index (κ3) is 6.27. The summed E-state index contributed by atoms with van der Waals surface area (Å²) in [4.78, 5) is 29.2. The van der Waals surface area contributed by atoms with Gasteiger partial charge >= 0.3 is 12.1 Å². The minimum absolute atomic E-state index is 0.0276. The molecule has 1 atom stereocenters. The lowest BCUT2D eigenvalue weighted by atomic mass is 10.1. The Hall–Kier alpha value is -4.59. The van der Waals surface area contributed by atoms with E-state index in [1.54, 1.807) is 29.2 Å². The molecule has 1 amide bonds. The largest absolute Gasteiger partial charge is 0.496 e. The molecule has 0 bridgehead atoms. The molecule has 5 rings (SSSR count). The number of esters is 1. The third-order valence-electron chi connectivity index (χ3n) is 6.43. The fourth-order valence-electron chi connectivity index (χ4n) is 4.49. The van der Waals surface area contributed by atoms with Crippen molar-refractivity contribution in [2.75, 3.05) is 34.0 Å². The van der Waals surface area contributed by atoms with Crippen LogP contribution < -0.4 is 14.8 Å². The van der Waals surface area contributed by atoms with Gasteiger partial charge in [0, 0.05) is 29.9 Å². The summed E-state index contributed by atoms with van der Waals surface area (Å²) in [5.74, 6) is -1.29. The van der Waals surface area contributed by atoms with Crippen LogP contribution >= 0.6 is 0 Å². The Kier molecular flexibility index (Phi) is 7.83. The van der Waals surface area contributed by atoms with Gasteiger partial charge in [-0.2, -0.15) is 18.3 Å². The zero-order chi connectivity index (χ0) is 29.1. The fourth-order valence-corrected chi connectivity index (χ4v) is 4.49. The van der Waals surface area contributed by atoms with Crippen molar-refractivity contribution in [1.29, 1.82) is 0 Å². The molecule has 1 aliphatic heterocycles. The number of hydrogen-bond donors (Lipinski definition) is 1. The van der Waals surface area contributed by atoms with E-state index in [2.05, 4.69) is 10.1 Å². The Bertz CT molecular complexity index is 1550.